The Morgan fingerprint density at radius 1 is 1.04 bits per heavy atom. The minimum absolute atomic E-state index is 0.115. The van der Waals surface area contributed by atoms with Gasteiger partial charge in [-0.2, -0.15) is 8.78 Å². The first-order valence-electron chi connectivity index (χ1n) is 8.84. The second-order valence-corrected chi connectivity index (χ2v) is 5.88. The van der Waals surface area contributed by atoms with Crippen molar-refractivity contribution < 1.29 is 23.0 Å². The third-order valence-corrected chi connectivity index (χ3v) is 3.67. The van der Waals surface area contributed by atoms with E-state index < -0.39 is 6.61 Å². The van der Waals surface area contributed by atoms with E-state index in [1.165, 1.54) is 12.1 Å². The predicted octanol–water partition coefficient (Wildman–Crippen LogP) is 4.12. The van der Waals surface area contributed by atoms with Crippen LogP contribution in [-0.4, -0.2) is 25.8 Å². The number of benzene rings is 2. The molecule has 0 aliphatic rings. The second-order valence-electron chi connectivity index (χ2n) is 5.88. The van der Waals surface area contributed by atoms with Gasteiger partial charge in [-0.3, -0.25) is 0 Å². The van der Waals surface area contributed by atoms with Crippen molar-refractivity contribution in [3.8, 4) is 11.5 Å². The molecule has 7 heteroatoms. The Hall–Kier alpha value is -2.83. The minimum atomic E-state index is -2.83. The van der Waals surface area contributed by atoms with E-state index >= 15 is 0 Å². The van der Waals surface area contributed by atoms with Gasteiger partial charge in [-0.1, -0.05) is 31.2 Å². The number of alkyl halides is 2. The summed E-state index contributed by atoms with van der Waals surface area (Å²) in [5.74, 6) is 0.903. The molecule has 0 aliphatic carbocycles. The minimum Gasteiger partial charge on any atom is -0.494 e. The Morgan fingerprint density at radius 2 is 1.81 bits per heavy atom. The molecule has 0 atom stereocenters. The zero-order chi connectivity index (χ0) is 19.5. The number of hydrogen-bond donors (Lipinski definition) is 2. The maximum Gasteiger partial charge on any atom is 0.387 e. The zero-order valence-electron chi connectivity index (χ0n) is 15.2. The van der Waals surface area contributed by atoms with Crippen LogP contribution in [0, 0.1) is 0 Å². The first-order valence-corrected chi connectivity index (χ1v) is 8.84. The number of carbonyl (C=O) groups is 1. The standard InChI is InChI=1S/C20H24F2N2O3/c1-2-12-26-18-5-3-4-16(13-18)14-24-20(25)23-11-10-15-6-8-17(9-7-15)27-19(21)22/h3-9,13,19H,2,10-12,14H2,1H3,(H2,23,24,25). The van der Waals surface area contributed by atoms with Crippen LogP contribution in [0.1, 0.15) is 24.5 Å². The van der Waals surface area contributed by atoms with Crippen LogP contribution in [0.5, 0.6) is 11.5 Å². The third kappa shape index (κ3) is 7.94. The van der Waals surface area contributed by atoms with Crippen LogP contribution in [-0.2, 0) is 13.0 Å². The fourth-order valence-electron chi connectivity index (χ4n) is 2.37. The van der Waals surface area contributed by atoms with Crippen molar-refractivity contribution in [1.82, 2.24) is 10.6 Å². The van der Waals surface area contributed by atoms with E-state index in [0.29, 0.717) is 26.1 Å². The summed E-state index contributed by atoms with van der Waals surface area (Å²) >= 11 is 0. The number of rotatable bonds is 10. The van der Waals surface area contributed by atoms with Crippen LogP contribution >= 0.6 is 0 Å². The largest absolute Gasteiger partial charge is 0.494 e. The van der Waals surface area contributed by atoms with Gasteiger partial charge in [0.15, 0.2) is 0 Å². The zero-order valence-corrected chi connectivity index (χ0v) is 15.2. The molecule has 0 saturated carbocycles. The van der Waals surface area contributed by atoms with Gasteiger partial charge in [0.25, 0.3) is 0 Å². The van der Waals surface area contributed by atoms with E-state index in [2.05, 4.69) is 15.4 Å². The molecule has 2 N–H and O–H groups in total. The van der Waals surface area contributed by atoms with E-state index in [1.807, 2.05) is 31.2 Å². The third-order valence-electron chi connectivity index (χ3n) is 3.67. The molecule has 0 heterocycles. The highest BCUT2D eigenvalue weighted by molar-refractivity contribution is 5.73. The molecule has 2 rings (SSSR count). The van der Waals surface area contributed by atoms with E-state index in [-0.39, 0.29) is 11.8 Å². The number of carbonyl (C=O) groups excluding carboxylic acids is 1. The van der Waals surface area contributed by atoms with Gasteiger partial charge >= 0.3 is 12.6 Å². The highest BCUT2D eigenvalue weighted by Crippen LogP contribution is 2.15. The first kappa shape index (κ1) is 20.5. The van der Waals surface area contributed by atoms with Crippen LogP contribution in [0.3, 0.4) is 0 Å². The van der Waals surface area contributed by atoms with Crippen molar-refractivity contribution in [2.75, 3.05) is 13.2 Å². The van der Waals surface area contributed by atoms with Gasteiger partial charge in [-0.05, 0) is 48.2 Å². The number of amides is 2. The molecule has 0 bridgehead atoms. The normalized spacial score (nSPS) is 10.5. The summed E-state index contributed by atoms with van der Waals surface area (Å²) in [6.45, 7) is 0.698. The maximum atomic E-state index is 12.1. The summed E-state index contributed by atoms with van der Waals surface area (Å²) in [5.41, 5.74) is 1.87. The Kier molecular flexibility index (Phi) is 8.35. The summed E-state index contributed by atoms with van der Waals surface area (Å²) in [6.07, 6.45) is 1.52. The van der Waals surface area contributed by atoms with E-state index in [9.17, 15) is 13.6 Å². The van der Waals surface area contributed by atoms with Gasteiger partial charge < -0.3 is 20.1 Å². The lowest BCUT2D eigenvalue weighted by Crippen LogP contribution is -2.36. The Balaban J connectivity index is 1.69. The topological polar surface area (TPSA) is 59.6 Å². The van der Waals surface area contributed by atoms with E-state index in [4.69, 9.17) is 4.74 Å². The summed E-state index contributed by atoms with van der Waals surface area (Å²) in [6, 6.07) is 13.7. The summed E-state index contributed by atoms with van der Waals surface area (Å²) in [7, 11) is 0. The molecule has 27 heavy (non-hydrogen) atoms. The molecule has 0 aliphatic heterocycles. The molecule has 5 nitrogen and oxygen atoms in total. The van der Waals surface area contributed by atoms with E-state index in [0.717, 1.165) is 23.3 Å². The molecule has 146 valence electrons. The number of ether oxygens (including phenoxy) is 2. The molecule has 0 radical (unpaired) electrons. The summed E-state index contributed by atoms with van der Waals surface area (Å²) in [5, 5.41) is 5.55. The van der Waals surface area contributed by atoms with Gasteiger partial charge in [-0.15, -0.1) is 0 Å². The van der Waals surface area contributed by atoms with Crippen molar-refractivity contribution in [3.05, 3.63) is 59.7 Å². The summed E-state index contributed by atoms with van der Waals surface area (Å²) < 4.78 is 34.1. The first-order chi connectivity index (χ1) is 13.1. The molecule has 0 spiro atoms. The van der Waals surface area contributed by atoms with Crippen molar-refractivity contribution in [2.45, 2.75) is 32.9 Å². The Labute approximate surface area is 157 Å². The van der Waals surface area contributed by atoms with Crippen molar-refractivity contribution in [2.24, 2.45) is 0 Å². The highest BCUT2D eigenvalue weighted by atomic mass is 19.3. The van der Waals surface area contributed by atoms with Gasteiger partial charge in [0, 0.05) is 13.1 Å². The van der Waals surface area contributed by atoms with Crippen LogP contribution in [0.25, 0.3) is 0 Å². The lowest BCUT2D eigenvalue weighted by atomic mass is 10.1. The molecule has 0 unspecified atom stereocenters. The lowest BCUT2D eigenvalue weighted by molar-refractivity contribution is -0.0498. The molecular weight excluding hydrogens is 354 g/mol. The molecule has 0 saturated heterocycles. The fourth-order valence-corrected chi connectivity index (χ4v) is 2.37. The molecule has 2 aromatic rings. The highest BCUT2D eigenvalue weighted by Gasteiger charge is 2.05. The van der Waals surface area contributed by atoms with Gasteiger partial charge in [0.2, 0.25) is 0 Å². The lowest BCUT2D eigenvalue weighted by Gasteiger charge is -2.10. The van der Waals surface area contributed by atoms with Crippen molar-refractivity contribution >= 4 is 6.03 Å². The number of halogens is 2. The molecular formula is C20H24F2N2O3. The maximum absolute atomic E-state index is 12.1. The number of hydrogen-bond acceptors (Lipinski definition) is 3. The van der Waals surface area contributed by atoms with Crippen molar-refractivity contribution in [1.29, 1.82) is 0 Å². The fraction of sp³-hybridized carbons (Fsp3) is 0.350. The molecule has 2 aromatic carbocycles. The average molecular weight is 378 g/mol. The number of nitrogens with one attached hydrogen (secondary N) is 2. The Morgan fingerprint density at radius 3 is 2.52 bits per heavy atom. The van der Waals surface area contributed by atoms with E-state index in [1.54, 1.807) is 12.1 Å². The second kappa shape index (κ2) is 11.0. The molecule has 0 aromatic heterocycles. The van der Waals surface area contributed by atoms with Crippen molar-refractivity contribution in [3.63, 3.8) is 0 Å². The van der Waals surface area contributed by atoms with Gasteiger partial charge in [0.05, 0.1) is 6.61 Å². The van der Waals surface area contributed by atoms with Crippen LogP contribution < -0.4 is 20.1 Å². The predicted molar refractivity (Wildman–Crippen MR) is 99.2 cm³/mol. The number of urea groups is 1. The van der Waals surface area contributed by atoms with Crippen LogP contribution in [0.4, 0.5) is 13.6 Å². The quantitative estimate of drug-likeness (QED) is 0.654. The average Bonchev–Trinajstić information content (AvgIpc) is 2.66. The Bertz CT molecular complexity index is 709. The monoisotopic (exact) mass is 378 g/mol. The van der Waals surface area contributed by atoms with Gasteiger partial charge in [0.1, 0.15) is 11.5 Å². The van der Waals surface area contributed by atoms with Crippen LogP contribution in [0.15, 0.2) is 48.5 Å². The molecule has 2 amide bonds. The summed E-state index contributed by atoms with van der Waals surface area (Å²) in [4.78, 5) is 11.9. The van der Waals surface area contributed by atoms with Crippen LogP contribution in [0.2, 0.25) is 0 Å². The SMILES string of the molecule is CCCOc1cccc(CNC(=O)NCCc2ccc(OC(F)F)cc2)c1. The smallest absolute Gasteiger partial charge is 0.387 e. The van der Waals surface area contributed by atoms with Gasteiger partial charge in [-0.25, -0.2) is 4.79 Å². The molecule has 0 fully saturated rings.